The maximum atomic E-state index is 6.14. The molecule has 0 unspecified atom stereocenters. The zero-order valence-electron chi connectivity index (χ0n) is 19.2. The zero-order valence-corrected chi connectivity index (χ0v) is 19.2. The van der Waals surface area contributed by atoms with Crippen LogP contribution in [0.2, 0.25) is 0 Å². The van der Waals surface area contributed by atoms with Crippen molar-refractivity contribution in [3.63, 3.8) is 0 Å². The Labute approximate surface area is 190 Å². The summed E-state index contributed by atoms with van der Waals surface area (Å²) in [6, 6.07) is 23.1. The van der Waals surface area contributed by atoms with E-state index in [9.17, 15) is 0 Å². The summed E-state index contributed by atoms with van der Waals surface area (Å²) < 4.78 is 7.89. The normalized spacial score (nSPS) is 11.5. The first-order valence-electron chi connectivity index (χ1n) is 11.3. The Bertz CT molecular complexity index is 1150. The van der Waals surface area contributed by atoms with Crippen molar-refractivity contribution < 1.29 is 4.74 Å². The van der Waals surface area contributed by atoms with Crippen LogP contribution in [-0.4, -0.2) is 26.9 Å². The van der Waals surface area contributed by atoms with Gasteiger partial charge in [-0.1, -0.05) is 37.3 Å². The molecule has 0 aliphatic heterocycles. The molecule has 4 aromatic rings. The highest BCUT2D eigenvalue weighted by Gasteiger charge is 2.19. The Hall–Kier alpha value is -3.31. The zero-order chi connectivity index (χ0) is 22.5. The van der Waals surface area contributed by atoms with Gasteiger partial charge in [-0.2, -0.15) is 0 Å². The third-order valence-corrected chi connectivity index (χ3v) is 5.65. The molecule has 0 saturated carbocycles. The first kappa shape index (κ1) is 21.9. The first-order valence-corrected chi connectivity index (χ1v) is 11.3. The molecule has 5 heteroatoms. The van der Waals surface area contributed by atoms with Crippen LogP contribution in [-0.2, 0) is 13.1 Å². The number of aromatic nitrogens is 2. The van der Waals surface area contributed by atoms with Crippen LogP contribution in [0.1, 0.15) is 38.4 Å². The molecule has 0 fully saturated rings. The summed E-state index contributed by atoms with van der Waals surface area (Å²) >= 11 is 0. The minimum Gasteiger partial charge on any atom is -0.494 e. The lowest BCUT2D eigenvalue weighted by molar-refractivity contribution is 0.201. The van der Waals surface area contributed by atoms with Crippen LogP contribution in [0.25, 0.3) is 16.9 Å². The Morgan fingerprint density at radius 2 is 1.72 bits per heavy atom. The Morgan fingerprint density at radius 1 is 0.969 bits per heavy atom. The van der Waals surface area contributed by atoms with Crippen molar-refractivity contribution in [3.8, 4) is 17.0 Å². The minimum absolute atomic E-state index is 0.375. The summed E-state index contributed by atoms with van der Waals surface area (Å²) in [5.41, 5.74) is 12.3. The van der Waals surface area contributed by atoms with Crippen LogP contribution in [0, 0.1) is 0 Å². The van der Waals surface area contributed by atoms with Gasteiger partial charge in [-0.05, 0) is 62.2 Å². The molecule has 2 heterocycles. The molecule has 4 rings (SSSR count). The molecule has 2 aromatic carbocycles. The van der Waals surface area contributed by atoms with Gasteiger partial charge in [0.2, 0.25) is 0 Å². The number of hydrogen-bond donors (Lipinski definition) is 1. The molecule has 0 bridgehead atoms. The fourth-order valence-corrected chi connectivity index (χ4v) is 3.85. The number of fused-ring (bicyclic) bond motifs is 1. The van der Waals surface area contributed by atoms with Crippen LogP contribution < -0.4 is 10.5 Å². The third kappa shape index (κ3) is 4.94. The lowest BCUT2D eigenvalue weighted by atomic mass is 10.1. The maximum absolute atomic E-state index is 6.14. The predicted octanol–water partition coefficient (Wildman–Crippen LogP) is 5.78. The number of ether oxygens (including phenoxy) is 1. The summed E-state index contributed by atoms with van der Waals surface area (Å²) in [4.78, 5) is 7.44. The molecule has 166 valence electrons. The molecule has 0 aliphatic carbocycles. The maximum Gasteiger partial charge on any atom is 0.137 e. The molecule has 0 spiro atoms. The van der Waals surface area contributed by atoms with Gasteiger partial charge in [-0.15, -0.1) is 0 Å². The van der Waals surface area contributed by atoms with Crippen molar-refractivity contribution in [1.82, 2.24) is 14.3 Å². The van der Waals surface area contributed by atoms with Gasteiger partial charge in [0.25, 0.3) is 0 Å². The van der Waals surface area contributed by atoms with E-state index in [0.717, 1.165) is 60.2 Å². The van der Waals surface area contributed by atoms with E-state index >= 15 is 0 Å². The number of nitrogens with zero attached hydrogens (tertiary/aromatic N) is 3. The van der Waals surface area contributed by atoms with Gasteiger partial charge < -0.3 is 14.9 Å². The second-order valence-electron chi connectivity index (χ2n) is 8.45. The fourth-order valence-electron chi connectivity index (χ4n) is 3.85. The van der Waals surface area contributed by atoms with Gasteiger partial charge in [-0.3, -0.25) is 4.90 Å². The van der Waals surface area contributed by atoms with Gasteiger partial charge in [0.15, 0.2) is 0 Å². The highest BCUT2D eigenvalue weighted by Crippen LogP contribution is 2.29. The van der Waals surface area contributed by atoms with Crippen LogP contribution in [0.15, 0.2) is 72.9 Å². The van der Waals surface area contributed by atoms with Crippen LogP contribution >= 0.6 is 0 Å². The summed E-state index contributed by atoms with van der Waals surface area (Å²) in [6.07, 6.45) is 2.97. The van der Waals surface area contributed by atoms with E-state index in [4.69, 9.17) is 15.5 Å². The second-order valence-corrected chi connectivity index (χ2v) is 8.45. The van der Waals surface area contributed by atoms with Crippen molar-refractivity contribution in [2.24, 2.45) is 0 Å². The van der Waals surface area contributed by atoms with Crippen molar-refractivity contribution in [2.45, 2.75) is 46.3 Å². The third-order valence-electron chi connectivity index (χ3n) is 5.65. The van der Waals surface area contributed by atoms with Gasteiger partial charge in [-0.25, -0.2) is 4.98 Å². The Balaban J connectivity index is 1.72. The van der Waals surface area contributed by atoms with Crippen molar-refractivity contribution in [2.75, 3.05) is 12.3 Å². The molecule has 32 heavy (non-hydrogen) atoms. The first-order chi connectivity index (χ1) is 15.5. The van der Waals surface area contributed by atoms with Crippen LogP contribution in [0.5, 0.6) is 5.75 Å². The topological polar surface area (TPSA) is 55.8 Å². The molecule has 0 atom stereocenters. The number of rotatable bonds is 9. The highest BCUT2D eigenvalue weighted by molar-refractivity contribution is 5.68. The van der Waals surface area contributed by atoms with Crippen molar-refractivity contribution in [3.05, 3.63) is 84.2 Å². The number of imidazole rings is 1. The number of nitrogen functional groups attached to an aromatic ring is 1. The van der Waals surface area contributed by atoms with E-state index in [2.05, 4.69) is 72.5 Å². The number of hydrogen-bond acceptors (Lipinski definition) is 4. The lowest BCUT2D eigenvalue weighted by Crippen LogP contribution is -2.30. The van der Waals surface area contributed by atoms with Gasteiger partial charge in [0, 0.05) is 36.6 Å². The Kier molecular flexibility index (Phi) is 6.76. The molecular weight excluding hydrogens is 396 g/mol. The summed E-state index contributed by atoms with van der Waals surface area (Å²) in [5.74, 6) is 0.887. The largest absolute Gasteiger partial charge is 0.494 e. The van der Waals surface area contributed by atoms with Gasteiger partial charge in [0.1, 0.15) is 11.4 Å². The van der Waals surface area contributed by atoms with Crippen molar-refractivity contribution >= 4 is 11.3 Å². The van der Waals surface area contributed by atoms with E-state index in [1.807, 2.05) is 30.5 Å². The van der Waals surface area contributed by atoms with E-state index in [1.165, 1.54) is 5.56 Å². The van der Waals surface area contributed by atoms with Crippen LogP contribution in [0.4, 0.5) is 5.69 Å². The number of pyridine rings is 1. The molecule has 2 N–H and O–H groups in total. The van der Waals surface area contributed by atoms with Crippen LogP contribution in [0.3, 0.4) is 0 Å². The highest BCUT2D eigenvalue weighted by atomic mass is 16.5. The molecule has 0 radical (unpaired) electrons. The monoisotopic (exact) mass is 428 g/mol. The minimum atomic E-state index is 0.375. The summed E-state index contributed by atoms with van der Waals surface area (Å²) in [6.45, 7) is 8.94. The summed E-state index contributed by atoms with van der Waals surface area (Å²) in [5, 5.41) is 0. The smallest absolute Gasteiger partial charge is 0.137 e. The summed E-state index contributed by atoms with van der Waals surface area (Å²) in [7, 11) is 0. The molecule has 0 aliphatic rings. The van der Waals surface area contributed by atoms with E-state index in [0.29, 0.717) is 6.04 Å². The average Bonchev–Trinajstić information content (AvgIpc) is 3.15. The quantitative estimate of drug-likeness (QED) is 0.367. The van der Waals surface area contributed by atoms with E-state index < -0.39 is 0 Å². The predicted molar refractivity (Wildman–Crippen MR) is 132 cm³/mol. The molecule has 0 amide bonds. The number of nitrogens with two attached hydrogens (primary N) is 1. The van der Waals surface area contributed by atoms with E-state index in [1.54, 1.807) is 0 Å². The Morgan fingerprint density at radius 3 is 2.41 bits per heavy atom. The molecule has 0 saturated heterocycles. The van der Waals surface area contributed by atoms with E-state index in [-0.39, 0.29) is 0 Å². The average molecular weight is 429 g/mol. The second kappa shape index (κ2) is 9.88. The number of benzene rings is 2. The SMILES string of the molecule is CCCOc1ccc(-c2nc3ccc(N)cn3c2CN(Cc2ccccc2)C(C)C)cc1. The van der Waals surface area contributed by atoms with Gasteiger partial charge in [0.05, 0.1) is 18.0 Å². The lowest BCUT2D eigenvalue weighted by Gasteiger charge is -2.27. The van der Waals surface area contributed by atoms with Crippen molar-refractivity contribution in [1.29, 1.82) is 0 Å². The fraction of sp³-hybridized carbons (Fsp3) is 0.296. The standard InChI is InChI=1S/C27H32N4O/c1-4-16-32-24-13-10-22(11-14-24)27-25(31-18-23(28)12-15-26(31)29-27)19-30(20(2)3)17-21-8-6-5-7-9-21/h5-15,18,20H,4,16-17,19,28H2,1-3H3. The number of anilines is 1. The van der Waals surface area contributed by atoms with Gasteiger partial charge >= 0.3 is 0 Å². The molecular formula is C27H32N4O. The molecule has 2 aromatic heterocycles. The molecule has 5 nitrogen and oxygen atoms in total.